The Balaban J connectivity index is 2.43. The van der Waals surface area contributed by atoms with Crippen molar-refractivity contribution in [2.75, 3.05) is 11.1 Å². The van der Waals surface area contributed by atoms with E-state index < -0.39 is 0 Å². The van der Waals surface area contributed by atoms with Crippen LogP contribution in [0, 0.1) is 11.3 Å². The zero-order valence-corrected chi connectivity index (χ0v) is 11.8. The van der Waals surface area contributed by atoms with Crippen LogP contribution in [0.2, 0.25) is 0 Å². The van der Waals surface area contributed by atoms with Crippen molar-refractivity contribution in [2.45, 2.75) is 31.9 Å². The highest BCUT2D eigenvalue weighted by Gasteiger charge is 2.11. The second-order valence-corrected chi connectivity index (χ2v) is 6.87. The van der Waals surface area contributed by atoms with E-state index in [0.717, 1.165) is 5.75 Å². The first-order valence-electron chi connectivity index (χ1n) is 5.85. The van der Waals surface area contributed by atoms with E-state index in [2.05, 4.69) is 26.1 Å². The number of benzene rings is 1. The molecule has 0 aliphatic rings. The fourth-order valence-electron chi connectivity index (χ4n) is 1.34. The van der Waals surface area contributed by atoms with Gasteiger partial charge in [-0.3, -0.25) is 4.79 Å². The Morgan fingerprint density at radius 3 is 2.78 bits per heavy atom. The average Bonchev–Trinajstić information content (AvgIpc) is 2.27. The van der Waals surface area contributed by atoms with Crippen LogP contribution in [0.25, 0.3) is 0 Å². The number of amides is 1. The second-order valence-electron chi connectivity index (χ2n) is 4.95. The molecule has 96 valence electrons. The van der Waals surface area contributed by atoms with Crippen molar-refractivity contribution >= 4 is 23.4 Å². The fraction of sp³-hybridized carbons (Fsp3) is 0.429. The zero-order valence-electron chi connectivity index (χ0n) is 11.0. The van der Waals surface area contributed by atoms with Gasteiger partial charge in [-0.1, -0.05) is 26.8 Å². The van der Waals surface area contributed by atoms with E-state index in [4.69, 9.17) is 5.26 Å². The molecule has 0 heterocycles. The number of nitrogens with zero attached hydrogens (tertiary/aromatic N) is 1. The molecule has 0 aliphatic carbocycles. The quantitative estimate of drug-likeness (QED) is 0.904. The standard InChI is InChI=1S/C14H18N2OS/c1-14(2,3)18-8-7-13(17)16-12-6-4-5-11(9-12)10-15/h4-6,9H,7-8H2,1-3H3,(H,16,17). The molecule has 0 aromatic heterocycles. The predicted molar refractivity (Wildman–Crippen MR) is 76.6 cm³/mol. The lowest BCUT2D eigenvalue weighted by Gasteiger charge is -2.17. The Hall–Kier alpha value is -1.47. The third-order valence-electron chi connectivity index (χ3n) is 2.14. The highest BCUT2D eigenvalue weighted by Crippen LogP contribution is 2.23. The molecule has 1 rings (SSSR count). The molecular formula is C14H18N2OS. The van der Waals surface area contributed by atoms with Gasteiger partial charge in [-0.15, -0.1) is 0 Å². The lowest BCUT2D eigenvalue weighted by molar-refractivity contribution is -0.115. The summed E-state index contributed by atoms with van der Waals surface area (Å²) in [6.45, 7) is 6.39. The number of hydrogen-bond acceptors (Lipinski definition) is 3. The number of nitrogens with one attached hydrogen (secondary N) is 1. The number of nitriles is 1. The third kappa shape index (κ3) is 5.74. The number of carbonyl (C=O) groups is 1. The summed E-state index contributed by atoms with van der Waals surface area (Å²) in [4.78, 5) is 11.7. The van der Waals surface area contributed by atoms with Gasteiger partial charge in [-0.25, -0.2) is 0 Å². The molecule has 0 bridgehead atoms. The van der Waals surface area contributed by atoms with Gasteiger partial charge >= 0.3 is 0 Å². The van der Waals surface area contributed by atoms with Gasteiger partial charge < -0.3 is 5.32 Å². The van der Waals surface area contributed by atoms with Gasteiger partial charge in [-0.2, -0.15) is 17.0 Å². The minimum atomic E-state index is -0.0122. The van der Waals surface area contributed by atoms with Crippen LogP contribution < -0.4 is 5.32 Å². The van der Waals surface area contributed by atoms with Crippen molar-refractivity contribution < 1.29 is 4.79 Å². The van der Waals surface area contributed by atoms with Gasteiger partial charge in [0.1, 0.15) is 0 Å². The van der Waals surface area contributed by atoms with E-state index in [1.165, 1.54) is 0 Å². The van der Waals surface area contributed by atoms with Crippen LogP contribution in [0.15, 0.2) is 24.3 Å². The highest BCUT2D eigenvalue weighted by atomic mass is 32.2. The number of anilines is 1. The van der Waals surface area contributed by atoms with E-state index in [1.54, 1.807) is 36.0 Å². The first kappa shape index (κ1) is 14.6. The van der Waals surface area contributed by atoms with Crippen molar-refractivity contribution in [1.29, 1.82) is 5.26 Å². The summed E-state index contributed by atoms with van der Waals surface area (Å²) in [6, 6.07) is 8.99. The molecule has 0 unspecified atom stereocenters. The molecule has 1 aromatic carbocycles. The zero-order chi connectivity index (χ0) is 13.6. The van der Waals surface area contributed by atoms with Gasteiger partial charge in [0, 0.05) is 22.6 Å². The van der Waals surface area contributed by atoms with Crippen LogP contribution in [0.1, 0.15) is 32.8 Å². The molecule has 0 saturated carbocycles. The van der Waals surface area contributed by atoms with Crippen molar-refractivity contribution in [1.82, 2.24) is 0 Å². The van der Waals surface area contributed by atoms with E-state index in [0.29, 0.717) is 17.7 Å². The summed E-state index contributed by atoms with van der Waals surface area (Å²) in [6.07, 6.45) is 0.485. The predicted octanol–water partition coefficient (Wildman–Crippen LogP) is 3.42. The molecule has 4 heteroatoms. The van der Waals surface area contributed by atoms with Gasteiger partial charge in [0.25, 0.3) is 0 Å². The number of thioether (sulfide) groups is 1. The molecule has 0 spiro atoms. The van der Waals surface area contributed by atoms with E-state index in [-0.39, 0.29) is 10.7 Å². The maximum Gasteiger partial charge on any atom is 0.225 e. The summed E-state index contributed by atoms with van der Waals surface area (Å²) in [5.41, 5.74) is 1.23. The Labute approximate surface area is 113 Å². The lowest BCUT2D eigenvalue weighted by atomic mass is 10.2. The van der Waals surface area contributed by atoms with Crippen LogP contribution >= 0.6 is 11.8 Å². The molecule has 0 aliphatic heterocycles. The number of hydrogen-bond donors (Lipinski definition) is 1. The maximum atomic E-state index is 11.7. The third-order valence-corrected chi connectivity index (χ3v) is 3.41. The van der Waals surface area contributed by atoms with E-state index in [1.807, 2.05) is 6.07 Å². The van der Waals surface area contributed by atoms with E-state index in [9.17, 15) is 4.79 Å². The van der Waals surface area contributed by atoms with Crippen LogP contribution in [-0.2, 0) is 4.79 Å². The largest absolute Gasteiger partial charge is 0.326 e. The Morgan fingerprint density at radius 2 is 2.17 bits per heavy atom. The highest BCUT2D eigenvalue weighted by molar-refractivity contribution is 8.00. The summed E-state index contributed by atoms with van der Waals surface area (Å²) in [5, 5.41) is 11.6. The number of rotatable bonds is 4. The molecular weight excluding hydrogens is 244 g/mol. The number of carbonyl (C=O) groups excluding carboxylic acids is 1. The summed E-state index contributed by atoms with van der Waals surface area (Å²) >= 11 is 1.77. The molecule has 1 amide bonds. The molecule has 1 N–H and O–H groups in total. The molecule has 0 atom stereocenters. The topological polar surface area (TPSA) is 52.9 Å². The Morgan fingerprint density at radius 1 is 1.44 bits per heavy atom. The summed E-state index contributed by atoms with van der Waals surface area (Å²) in [5.74, 6) is 0.787. The minimum absolute atomic E-state index is 0.0122. The van der Waals surface area contributed by atoms with Gasteiger partial charge in [-0.05, 0) is 18.2 Å². The van der Waals surface area contributed by atoms with Crippen molar-refractivity contribution in [3.63, 3.8) is 0 Å². The fourth-order valence-corrected chi connectivity index (χ4v) is 2.24. The molecule has 0 fully saturated rings. The first-order chi connectivity index (χ1) is 8.40. The van der Waals surface area contributed by atoms with Gasteiger partial charge in [0.15, 0.2) is 0 Å². The van der Waals surface area contributed by atoms with Crippen molar-refractivity contribution in [3.05, 3.63) is 29.8 Å². The first-order valence-corrected chi connectivity index (χ1v) is 6.83. The summed E-state index contributed by atoms with van der Waals surface area (Å²) < 4.78 is 0.182. The molecule has 0 radical (unpaired) electrons. The van der Waals surface area contributed by atoms with E-state index >= 15 is 0 Å². The van der Waals surface area contributed by atoms with Crippen LogP contribution in [0.3, 0.4) is 0 Å². The maximum absolute atomic E-state index is 11.7. The smallest absolute Gasteiger partial charge is 0.225 e. The van der Waals surface area contributed by atoms with Crippen LogP contribution in [0.4, 0.5) is 5.69 Å². The lowest BCUT2D eigenvalue weighted by Crippen LogP contribution is -2.15. The molecule has 3 nitrogen and oxygen atoms in total. The molecule has 0 saturated heterocycles. The normalized spacial score (nSPS) is 10.8. The Kier molecular flexibility index (Phi) is 5.24. The van der Waals surface area contributed by atoms with Crippen molar-refractivity contribution in [2.24, 2.45) is 0 Å². The summed E-state index contributed by atoms with van der Waals surface area (Å²) in [7, 11) is 0. The van der Waals surface area contributed by atoms with Gasteiger partial charge in [0.05, 0.1) is 11.6 Å². The van der Waals surface area contributed by atoms with Gasteiger partial charge in [0.2, 0.25) is 5.91 Å². The van der Waals surface area contributed by atoms with Crippen molar-refractivity contribution in [3.8, 4) is 6.07 Å². The monoisotopic (exact) mass is 262 g/mol. The SMILES string of the molecule is CC(C)(C)SCCC(=O)Nc1cccc(C#N)c1. The average molecular weight is 262 g/mol. The van der Waals surface area contributed by atoms with Crippen LogP contribution in [-0.4, -0.2) is 16.4 Å². The minimum Gasteiger partial charge on any atom is -0.326 e. The molecule has 1 aromatic rings. The molecule has 18 heavy (non-hydrogen) atoms. The van der Waals surface area contributed by atoms with Crippen LogP contribution in [0.5, 0.6) is 0 Å². The Bertz CT molecular complexity index is 458. The second kappa shape index (κ2) is 6.46.